The molecule has 1 aromatic rings. The van der Waals surface area contributed by atoms with Crippen LogP contribution in [0.2, 0.25) is 0 Å². The summed E-state index contributed by atoms with van der Waals surface area (Å²) in [5.74, 6) is 0.519. The molecule has 2 atom stereocenters. The van der Waals surface area contributed by atoms with Gasteiger partial charge in [-0.05, 0) is 38.7 Å². The van der Waals surface area contributed by atoms with E-state index in [9.17, 15) is 0 Å². The lowest BCUT2D eigenvalue weighted by Gasteiger charge is -2.16. The van der Waals surface area contributed by atoms with Crippen molar-refractivity contribution in [3.05, 3.63) is 47.0 Å². The molecule has 0 radical (unpaired) electrons. The Morgan fingerprint density at radius 3 is 2.62 bits per heavy atom. The molecule has 0 aliphatic rings. The Kier molecular flexibility index (Phi) is 4.75. The quantitative estimate of drug-likeness (QED) is 0.763. The molecule has 0 spiro atoms. The number of benzene rings is 1. The van der Waals surface area contributed by atoms with Gasteiger partial charge >= 0.3 is 0 Å². The minimum absolute atomic E-state index is 0.167. The Morgan fingerprint density at radius 2 is 2.06 bits per heavy atom. The van der Waals surface area contributed by atoms with Crippen molar-refractivity contribution >= 4 is 0 Å². The number of allylic oxidation sites excluding steroid dienone is 1. The molecule has 0 aliphatic heterocycles. The molecule has 0 saturated heterocycles. The Labute approximate surface area is 99.4 Å². The van der Waals surface area contributed by atoms with E-state index in [1.165, 1.54) is 16.7 Å². The minimum Gasteiger partial charge on any atom is -0.324 e. The first-order chi connectivity index (χ1) is 7.49. The lowest BCUT2D eigenvalue weighted by atomic mass is 9.92. The summed E-state index contributed by atoms with van der Waals surface area (Å²) in [4.78, 5) is 0. The molecule has 1 aromatic carbocycles. The van der Waals surface area contributed by atoms with E-state index in [0.717, 1.165) is 6.42 Å². The predicted molar refractivity (Wildman–Crippen MR) is 71.6 cm³/mol. The van der Waals surface area contributed by atoms with Gasteiger partial charge in [-0.3, -0.25) is 0 Å². The summed E-state index contributed by atoms with van der Waals surface area (Å²) in [5, 5.41) is 0. The monoisotopic (exact) mass is 217 g/mol. The maximum atomic E-state index is 6.07. The van der Waals surface area contributed by atoms with E-state index in [0.29, 0.717) is 5.92 Å². The maximum Gasteiger partial charge on any atom is 0.0231 e. The predicted octanol–water partition coefficient (Wildman–Crippen LogP) is 3.78. The fourth-order valence-corrected chi connectivity index (χ4v) is 2.02. The highest BCUT2D eigenvalue weighted by Gasteiger charge is 2.09. The zero-order chi connectivity index (χ0) is 12.1. The summed E-state index contributed by atoms with van der Waals surface area (Å²) in [6, 6.07) is 8.85. The van der Waals surface area contributed by atoms with Crippen LogP contribution in [0.25, 0.3) is 0 Å². The van der Waals surface area contributed by atoms with Gasteiger partial charge in [-0.1, -0.05) is 48.4 Å². The second kappa shape index (κ2) is 5.86. The highest BCUT2D eigenvalue weighted by atomic mass is 14.6. The van der Waals surface area contributed by atoms with Crippen LogP contribution in [0.3, 0.4) is 0 Å². The largest absolute Gasteiger partial charge is 0.324 e. The lowest BCUT2D eigenvalue weighted by Crippen LogP contribution is -2.19. The van der Waals surface area contributed by atoms with E-state index < -0.39 is 0 Å². The molecule has 2 N–H and O–H groups in total. The minimum atomic E-state index is 0.167. The average molecular weight is 217 g/mol. The van der Waals surface area contributed by atoms with Crippen LogP contribution in [0.5, 0.6) is 0 Å². The third-order valence-corrected chi connectivity index (χ3v) is 2.78. The summed E-state index contributed by atoms with van der Waals surface area (Å²) in [6.45, 7) is 8.56. The first-order valence-electron chi connectivity index (χ1n) is 5.96. The van der Waals surface area contributed by atoms with E-state index >= 15 is 0 Å². The third kappa shape index (κ3) is 4.19. The summed E-state index contributed by atoms with van der Waals surface area (Å²) in [5.41, 5.74) is 10.1. The van der Waals surface area contributed by atoms with Crippen molar-refractivity contribution in [1.29, 1.82) is 0 Å². The SMILES string of the molecule is CC(C)=CC(N)C[C@H](C)c1cccc(C)c1. The van der Waals surface area contributed by atoms with E-state index in [1.807, 2.05) is 0 Å². The second-order valence-electron chi connectivity index (χ2n) is 4.96. The number of hydrogen-bond acceptors (Lipinski definition) is 1. The van der Waals surface area contributed by atoms with Gasteiger partial charge < -0.3 is 5.73 Å². The van der Waals surface area contributed by atoms with Crippen molar-refractivity contribution in [3.8, 4) is 0 Å². The molecule has 1 nitrogen and oxygen atoms in total. The van der Waals surface area contributed by atoms with Crippen molar-refractivity contribution in [2.75, 3.05) is 0 Å². The topological polar surface area (TPSA) is 26.0 Å². The Hall–Kier alpha value is -1.08. The molecule has 1 unspecified atom stereocenters. The molecular weight excluding hydrogens is 194 g/mol. The average Bonchev–Trinajstić information content (AvgIpc) is 2.16. The standard InChI is InChI=1S/C15H23N/c1-11(2)8-15(16)10-13(4)14-7-5-6-12(3)9-14/h5-9,13,15H,10,16H2,1-4H3/t13-,15?/m0/s1. The van der Waals surface area contributed by atoms with Gasteiger partial charge in [0.1, 0.15) is 0 Å². The number of hydrogen-bond donors (Lipinski definition) is 1. The number of rotatable bonds is 4. The van der Waals surface area contributed by atoms with Gasteiger partial charge in [0.2, 0.25) is 0 Å². The van der Waals surface area contributed by atoms with Crippen molar-refractivity contribution in [1.82, 2.24) is 0 Å². The van der Waals surface area contributed by atoms with Crippen molar-refractivity contribution in [2.24, 2.45) is 5.73 Å². The normalized spacial score (nSPS) is 14.3. The summed E-state index contributed by atoms with van der Waals surface area (Å²) >= 11 is 0. The van der Waals surface area contributed by atoms with Crippen LogP contribution in [0, 0.1) is 6.92 Å². The Balaban J connectivity index is 2.65. The first kappa shape index (κ1) is 13.0. The Bertz CT molecular complexity index is 361. The van der Waals surface area contributed by atoms with E-state index in [-0.39, 0.29) is 6.04 Å². The highest BCUT2D eigenvalue weighted by molar-refractivity contribution is 5.25. The van der Waals surface area contributed by atoms with Crippen LogP contribution in [0.1, 0.15) is 44.2 Å². The fraction of sp³-hybridized carbons (Fsp3) is 0.467. The summed E-state index contributed by atoms with van der Waals surface area (Å²) < 4.78 is 0. The zero-order valence-electron chi connectivity index (χ0n) is 10.8. The second-order valence-corrected chi connectivity index (χ2v) is 4.96. The zero-order valence-corrected chi connectivity index (χ0v) is 10.8. The van der Waals surface area contributed by atoms with Crippen molar-refractivity contribution < 1.29 is 0 Å². The lowest BCUT2D eigenvalue weighted by molar-refractivity contribution is 0.619. The van der Waals surface area contributed by atoms with Gasteiger partial charge in [-0.25, -0.2) is 0 Å². The van der Waals surface area contributed by atoms with Crippen molar-refractivity contribution in [3.63, 3.8) is 0 Å². The van der Waals surface area contributed by atoms with E-state index in [1.54, 1.807) is 0 Å². The molecule has 0 saturated carbocycles. The molecule has 0 bridgehead atoms. The van der Waals surface area contributed by atoms with Gasteiger partial charge in [-0.15, -0.1) is 0 Å². The summed E-state index contributed by atoms with van der Waals surface area (Å²) in [7, 11) is 0. The van der Waals surface area contributed by atoms with Crippen LogP contribution < -0.4 is 5.73 Å². The molecular formula is C15H23N. The first-order valence-corrected chi connectivity index (χ1v) is 5.96. The van der Waals surface area contributed by atoms with Crippen LogP contribution in [-0.2, 0) is 0 Å². The Morgan fingerprint density at radius 1 is 1.38 bits per heavy atom. The molecule has 0 amide bonds. The van der Waals surface area contributed by atoms with Gasteiger partial charge in [0.25, 0.3) is 0 Å². The van der Waals surface area contributed by atoms with Crippen LogP contribution in [0.15, 0.2) is 35.9 Å². The molecule has 1 heteroatoms. The summed E-state index contributed by atoms with van der Waals surface area (Å²) in [6.07, 6.45) is 3.15. The van der Waals surface area contributed by atoms with Gasteiger partial charge in [0.05, 0.1) is 0 Å². The van der Waals surface area contributed by atoms with Crippen molar-refractivity contribution in [2.45, 2.75) is 46.1 Å². The van der Waals surface area contributed by atoms with Crippen LogP contribution in [0.4, 0.5) is 0 Å². The maximum absolute atomic E-state index is 6.07. The van der Waals surface area contributed by atoms with Gasteiger partial charge in [0.15, 0.2) is 0 Å². The molecule has 0 aromatic heterocycles. The molecule has 1 rings (SSSR count). The van der Waals surface area contributed by atoms with Gasteiger partial charge in [-0.2, -0.15) is 0 Å². The molecule has 0 aliphatic carbocycles. The highest BCUT2D eigenvalue weighted by Crippen LogP contribution is 2.21. The molecule has 16 heavy (non-hydrogen) atoms. The molecule has 0 fully saturated rings. The number of aryl methyl sites for hydroxylation is 1. The smallest absolute Gasteiger partial charge is 0.0231 e. The van der Waals surface area contributed by atoms with Crippen LogP contribution in [-0.4, -0.2) is 6.04 Å². The van der Waals surface area contributed by atoms with Crippen LogP contribution >= 0.6 is 0 Å². The molecule has 88 valence electrons. The number of nitrogens with two attached hydrogens (primary N) is 1. The van der Waals surface area contributed by atoms with E-state index in [4.69, 9.17) is 5.73 Å². The molecule has 0 heterocycles. The van der Waals surface area contributed by atoms with E-state index in [2.05, 4.69) is 58.0 Å². The third-order valence-electron chi connectivity index (χ3n) is 2.78. The fourth-order valence-electron chi connectivity index (χ4n) is 2.02. The van der Waals surface area contributed by atoms with Gasteiger partial charge in [0, 0.05) is 6.04 Å².